The predicted octanol–water partition coefficient (Wildman–Crippen LogP) is 6.31. The number of hydrogen-bond donors (Lipinski definition) is 0. The van der Waals surface area contributed by atoms with E-state index in [2.05, 4.69) is 36.7 Å². The molecule has 0 heterocycles. The summed E-state index contributed by atoms with van der Waals surface area (Å²) in [5.41, 5.74) is -0.716. The molecule has 0 aromatic carbocycles. The van der Waals surface area contributed by atoms with Gasteiger partial charge >= 0.3 is 0 Å². The Balaban J connectivity index is 0. The van der Waals surface area contributed by atoms with Crippen LogP contribution in [0.2, 0.25) is 0 Å². The average Bonchev–Trinajstić information content (AvgIpc) is 2.59. The minimum absolute atomic E-state index is 0.108. The Labute approximate surface area is 176 Å². The largest absolute Gasteiger partial charge is 0.756 e. The van der Waals surface area contributed by atoms with Gasteiger partial charge in [-0.2, -0.15) is 0 Å². The van der Waals surface area contributed by atoms with Crippen molar-refractivity contribution < 1.29 is 23.0 Å². The van der Waals surface area contributed by atoms with Crippen LogP contribution in [0, 0.1) is 0 Å². The smallest absolute Gasteiger partial charge is 0.268 e. The number of nitrogens with zero attached hydrogens (tertiary/aromatic N) is 1. The molecule has 0 aliphatic carbocycles. The Hall–Kier alpha value is 0.0700. The molecule has 0 N–H and O–H groups in total. The van der Waals surface area contributed by atoms with E-state index in [1.807, 2.05) is 0 Å². The molecule has 0 saturated heterocycles. The Kier molecular flexibility index (Phi) is 18.2. The molecule has 0 rings (SSSR count). The molecule has 0 radical (unpaired) electrons. The lowest BCUT2D eigenvalue weighted by Crippen LogP contribution is -2.50. The van der Waals surface area contributed by atoms with E-state index in [1.165, 1.54) is 82.0 Å². The van der Waals surface area contributed by atoms with Gasteiger partial charge < -0.3 is 18.4 Å². The van der Waals surface area contributed by atoms with Crippen molar-refractivity contribution in [2.24, 2.45) is 0 Å². The molecule has 0 aliphatic heterocycles. The fourth-order valence-corrected chi connectivity index (χ4v) is 4.20. The number of phosphoric acid groups is 1. The number of quaternary nitrogens is 1. The van der Waals surface area contributed by atoms with Gasteiger partial charge in [-0.15, -0.1) is 0 Å². The van der Waals surface area contributed by atoms with Crippen molar-refractivity contribution in [2.45, 2.75) is 112 Å². The summed E-state index contributed by atoms with van der Waals surface area (Å²) in [5.74, 6) is 0. The normalized spacial score (nSPS) is 14.3. The molecule has 172 valence electrons. The Morgan fingerprint density at radius 1 is 0.750 bits per heavy atom. The molecule has 1 unspecified atom stereocenters. The lowest BCUT2D eigenvalue weighted by atomic mass is 10.1. The second-order valence-corrected chi connectivity index (χ2v) is 10.1. The lowest BCUT2D eigenvalue weighted by Gasteiger charge is -2.39. The highest BCUT2D eigenvalue weighted by atomic mass is 31.2. The minimum Gasteiger partial charge on any atom is -0.756 e. The topological polar surface area (TPSA) is 58.6 Å². The van der Waals surface area contributed by atoms with Crippen molar-refractivity contribution in [2.75, 3.05) is 32.8 Å². The number of rotatable bonds is 15. The molecule has 0 aromatic rings. The highest BCUT2D eigenvalue weighted by Crippen LogP contribution is 2.42. The maximum absolute atomic E-state index is 10.8. The van der Waals surface area contributed by atoms with Crippen molar-refractivity contribution in [3.63, 3.8) is 0 Å². The van der Waals surface area contributed by atoms with E-state index < -0.39 is 13.4 Å². The van der Waals surface area contributed by atoms with Gasteiger partial charge in [-0.3, -0.25) is 4.57 Å². The van der Waals surface area contributed by atoms with E-state index in [0.717, 1.165) is 0 Å². The zero-order valence-electron chi connectivity index (χ0n) is 20.2. The van der Waals surface area contributed by atoms with Crippen LogP contribution in [0.4, 0.5) is 0 Å². The van der Waals surface area contributed by atoms with Crippen molar-refractivity contribution in [3.05, 3.63) is 0 Å². The molecule has 1 atom stereocenters. The number of hydrogen-bond acceptors (Lipinski definition) is 4. The quantitative estimate of drug-likeness (QED) is 0.229. The molecule has 0 amide bonds. The van der Waals surface area contributed by atoms with E-state index in [9.17, 15) is 9.46 Å². The summed E-state index contributed by atoms with van der Waals surface area (Å²) >= 11 is 0. The summed E-state index contributed by atoms with van der Waals surface area (Å²) in [6.45, 7) is 21.7. The molecule has 6 heteroatoms. The van der Waals surface area contributed by atoms with E-state index in [0.29, 0.717) is 0 Å². The Morgan fingerprint density at radius 2 is 1.07 bits per heavy atom. The summed E-state index contributed by atoms with van der Waals surface area (Å²) in [7, 11) is -4.06. The fraction of sp³-hybridized carbons (Fsp3) is 1.00. The van der Waals surface area contributed by atoms with Gasteiger partial charge in [0.05, 0.1) is 38.4 Å². The van der Waals surface area contributed by atoms with Gasteiger partial charge in [0, 0.05) is 0 Å². The fourth-order valence-electron chi connectivity index (χ4n) is 3.16. The maximum atomic E-state index is 10.8. The molecule has 0 bridgehead atoms. The third kappa shape index (κ3) is 18.1. The van der Waals surface area contributed by atoms with Crippen LogP contribution < -0.4 is 4.89 Å². The number of phosphoric ester groups is 1. The first-order valence-electron chi connectivity index (χ1n) is 11.5. The highest BCUT2D eigenvalue weighted by molar-refractivity contribution is 7.45. The zero-order valence-corrected chi connectivity index (χ0v) is 21.1. The summed E-state index contributed by atoms with van der Waals surface area (Å²) in [6.07, 6.45) is 11.1. The van der Waals surface area contributed by atoms with Crippen molar-refractivity contribution in [3.8, 4) is 0 Å². The van der Waals surface area contributed by atoms with Gasteiger partial charge in [0.15, 0.2) is 0 Å². The van der Waals surface area contributed by atoms with E-state index in [4.69, 9.17) is 0 Å². The van der Waals surface area contributed by atoms with Crippen LogP contribution in [0.3, 0.4) is 0 Å². The Bertz CT molecular complexity index is 359. The third-order valence-corrected chi connectivity index (χ3v) is 5.96. The van der Waals surface area contributed by atoms with Crippen LogP contribution in [0.1, 0.15) is 107 Å². The minimum atomic E-state index is -4.06. The molecule has 5 nitrogen and oxygen atoms in total. The van der Waals surface area contributed by atoms with Gasteiger partial charge in [-0.25, -0.2) is 0 Å². The molecule has 0 aliphatic rings. The second kappa shape index (κ2) is 16.8. The molecular weight excluding hydrogens is 373 g/mol. The van der Waals surface area contributed by atoms with Crippen LogP contribution >= 0.6 is 7.82 Å². The Morgan fingerprint density at radius 3 is 1.29 bits per heavy atom. The standard InChI is InChI=1S/C16H36N.C6H15O4P/c1-5-9-13-17(14-10-6-2,15-11-7-3)16-12-8-4;1-5-9-11(7,8)10-6(2,3)4/h5-16H2,1-4H3;5H2,1-4H3,(H,7,8)/q+1;/p-1. The first kappa shape index (κ1) is 30.3. The van der Waals surface area contributed by atoms with Gasteiger partial charge in [0.25, 0.3) is 7.82 Å². The average molecular weight is 424 g/mol. The second-order valence-electron chi connectivity index (χ2n) is 8.72. The zero-order chi connectivity index (χ0) is 22.1. The summed E-state index contributed by atoms with van der Waals surface area (Å²) in [6, 6.07) is 0. The monoisotopic (exact) mass is 423 g/mol. The summed E-state index contributed by atoms with van der Waals surface area (Å²) in [4.78, 5) is 10.8. The maximum Gasteiger partial charge on any atom is 0.268 e. The lowest BCUT2D eigenvalue weighted by molar-refractivity contribution is -0.929. The molecule has 0 fully saturated rings. The molecule has 0 spiro atoms. The van der Waals surface area contributed by atoms with Gasteiger partial charge in [0.2, 0.25) is 0 Å². The molecular formula is C22H50NO4P. The SMILES string of the molecule is CCCC[N+](CCCC)(CCCC)CCCC.CCOP(=O)([O-])OC(C)(C)C. The van der Waals surface area contributed by atoms with Gasteiger partial charge in [0.1, 0.15) is 0 Å². The van der Waals surface area contributed by atoms with Crippen LogP contribution in [-0.2, 0) is 13.6 Å². The molecule has 28 heavy (non-hydrogen) atoms. The van der Waals surface area contributed by atoms with Crippen LogP contribution in [0.5, 0.6) is 0 Å². The predicted molar refractivity (Wildman–Crippen MR) is 119 cm³/mol. The van der Waals surface area contributed by atoms with Crippen LogP contribution in [0.25, 0.3) is 0 Å². The summed E-state index contributed by atoms with van der Waals surface area (Å²) < 4.78 is 21.3. The first-order chi connectivity index (χ1) is 13.0. The van der Waals surface area contributed by atoms with E-state index in [1.54, 1.807) is 27.7 Å². The van der Waals surface area contributed by atoms with Crippen molar-refractivity contribution in [1.82, 2.24) is 0 Å². The van der Waals surface area contributed by atoms with Crippen molar-refractivity contribution in [1.29, 1.82) is 0 Å². The third-order valence-electron chi connectivity index (χ3n) is 4.62. The summed E-state index contributed by atoms with van der Waals surface area (Å²) in [5, 5.41) is 0. The first-order valence-corrected chi connectivity index (χ1v) is 13.0. The van der Waals surface area contributed by atoms with Crippen molar-refractivity contribution >= 4 is 7.82 Å². The van der Waals surface area contributed by atoms with Gasteiger partial charge in [-0.05, 0) is 53.4 Å². The highest BCUT2D eigenvalue weighted by Gasteiger charge is 2.24. The van der Waals surface area contributed by atoms with Gasteiger partial charge in [-0.1, -0.05) is 53.4 Å². The molecule has 0 aromatic heterocycles. The van der Waals surface area contributed by atoms with E-state index >= 15 is 0 Å². The molecule has 0 saturated carbocycles. The van der Waals surface area contributed by atoms with E-state index in [-0.39, 0.29) is 6.61 Å². The van der Waals surface area contributed by atoms with Crippen LogP contribution in [0.15, 0.2) is 0 Å². The van der Waals surface area contributed by atoms with Crippen LogP contribution in [-0.4, -0.2) is 42.9 Å². The number of unbranched alkanes of at least 4 members (excludes halogenated alkanes) is 4.